The van der Waals surface area contributed by atoms with Crippen molar-refractivity contribution >= 4 is 27.5 Å². The van der Waals surface area contributed by atoms with E-state index in [1.807, 2.05) is 19.1 Å². The van der Waals surface area contributed by atoms with E-state index in [0.717, 1.165) is 5.56 Å². The topological polar surface area (TPSA) is 96.0 Å². The van der Waals surface area contributed by atoms with Crippen molar-refractivity contribution in [1.29, 1.82) is 0 Å². The van der Waals surface area contributed by atoms with Crippen molar-refractivity contribution in [1.82, 2.24) is 9.21 Å². The number of carbonyl (C=O) groups is 2. The van der Waals surface area contributed by atoms with Gasteiger partial charge in [-0.25, -0.2) is 8.42 Å². The van der Waals surface area contributed by atoms with Crippen molar-refractivity contribution in [2.75, 3.05) is 38.1 Å². The lowest BCUT2D eigenvalue weighted by Crippen LogP contribution is -2.50. The zero-order valence-electron chi connectivity index (χ0n) is 15.9. The Hall–Kier alpha value is -2.91. The van der Waals surface area contributed by atoms with Gasteiger partial charge in [-0.3, -0.25) is 9.59 Å². The molecular weight excluding hydrogens is 394 g/mol. The Bertz CT molecular complexity index is 1060. The fraction of sp³-hybridized carbons (Fsp3) is 0.300. The molecule has 0 spiro atoms. The number of sulfonamides is 1. The van der Waals surface area contributed by atoms with Crippen LogP contribution in [0.4, 0.5) is 5.69 Å². The quantitative estimate of drug-likeness (QED) is 0.819. The highest BCUT2D eigenvalue weighted by molar-refractivity contribution is 7.89. The van der Waals surface area contributed by atoms with Gasteiger partial charge in [0.1, 0.15) is 5.75 Å². The lowest BCUT2D eigenvalue weighted by molar-refractivity contribution is -0.118. The second kappa shape index (κ2) is 7.49. The molecule has 0 atom stereocenters. The van der Waals surface area contributed by atoms with Gasteiger partial charge in [0.05, 0.1) is 10.6 Å². The van der Waals surface area contributed by atoms with E-state index in [0.29, 0.717) is 30.1 Å². The third-order valence-electron chi connectivity index (χ3n) is 5.05. The maximum absolute atomic E-state index is 13.0. The third kappa shape index (κ3) is 3.83. The summed E-state index contributed by atoms with van der Waals surface area (Å²) in [5.41, 5.74) is 2.01. The molecule has 0 radical (unpaired) electrons. The van der Waals surface area contributed by atoms with Crippen LogP contribution in [0.2, 0.25) is 0 Å². The summed E-state index contributed by atoms with van der Waals surface area (Å²) in [7, 11) is -3.74. The molecule has 8 nitrogen and oxygen atoms in total. The number of piperazine rings is 1. The number of ether oxygens (including phenoxy) is 1. The molecule has 9 heteroatoms. The lowest BCUT2D eigenvalue weighted by atomic mass is 10.1. The summed E-state index contributed by atoms with van der Waals surface area (Å²) in [5.74, 6) is 0.0167. The van der Waals surface area contributed by atoms with Crippen molar-refractivity contribution in [2.24, 2.45) is 0 Å². The number of aryl methyl sites for hydroxylation is 1. The van der Waals surface area contributed by atoms with Crippen LogP contribution in [0.3, 0.4) is 0 Å². The number of nitrogens with one attached hydrogen (secondary N) is 1. The van der Waals surface area contributed by atoms with Crippen LogP contribution in [0.5, 0.6) is 5.75 Å². The molecular formula is C20H21N3O5S. The van der Waals surface area contributed by atoms with Crippen LogP contribution in [0, 0.1) is 6.92 Å². The van der Waals surface area contributed by atoms with E-state index >= 15 is 0 Å². The molecule has 1 N–H and O–H groups in total. The highest BCUT2D eigenvalue weighted by atomic mass is 32.2. The van der Waals surface area contributed by atoms with E-state index in [-0.39, 0.29) is 36.4 Å². The molecule has 29 heavy (non-hydrogen) atoms. The summed E-state index contributed by atoms with van der Waals surface area (Å²) in [6.07, 6.45) is 0. The second-order valence-corrected chi connectivity index (χ2v) is 9.00. The number of amides is 2. The van der Waals surface area contributed by atoms with E-state index in [1.54, 1.807) is 23.1 Å². The first kappa shape index (κ1) is 19.4. The summed E-state index contributed by atoms with van der Waals surface area (Å²) in [6.45, 7) is 2.92. The summed E-state index contributed by atoms with van der Waals surface area (Å²) >= 11 is 0. The summed E-state index contributed by atoms with van der Waals surface area (Å²) in [6, 6.07) is 11.7. The Morgan fingerprint density at radius 3 is 2.41 bits per heavy atom. The van der Waals surface area contributed by atoms with E-state index in [1.165, 1.54) is 16.4 Å². The van der Waals surface area contributed by atoms with E-state index in [2.05, 4.69) is 5.32 Å². The molecule has 1 fully saturated rings. The first-order valence-electron chi connectivity index (χ1n) is 9.27. The van der Waals surface area contributed by atoms with Gasteiger partial charge < -0.3 is 15.0 Å². The summed E-state index contributed by atoms with van der Waals surface area (Å²) < 4.78 is 32.6. The largest absolute Gasteiger partial charge is 0.482 e. The molecule has 2 aromatic carbocycles. The van der Waals surface area contributed by atoms with E-state index < -0.39 is 10.0 Å². The van der Waals surface area contributed by atoms with Crippen LogP contribution in [0.25, 0.3) is 0 Å². The maximum Gasteiger partial charge on any atom is 0.262 e. The highest BCUT2D eigenvalue weighted by Gasteiger charge is 2.31. The van der Waals surface area contributed by atoms with Gasteiger partial charge in [-0.2, -0.15) is 4.31 Å². The predicted octanol–water partition coefficient (Wildman–Crippen LogP) is 1.47. The van der Waals surface area contributed by atoms with Gasteiger partial charge in [0.25, 0.3) is 11.8 Å². The number of rotatable bonds is 3. The third-order valence-corrected chi connectivity index (χ3v) is 6.94. The standard InChI is InChI=1S/C20H21N3O5S/c1-14-2-4-15(5-3-14)20(25)22-8-10-23(11-9-22)29(26,27)16-6-7-18-17(12-16)21-19(24)13-28-18/h2-7,12H,8-11,13H2,1H3,(H,21,24). The van der Waals surface area contributed by atoms with Crippen LogP contribution in [-0.4, -0.2) is 62.2 Å². The van der Waals surface area contributed by atoms with Gasteiger partial charge in [-0.05, 0) is 37.3 Å². The summed E-state index contributed by atoms with van der Waals surface area (Å²) in [5, 5.41) is 2.62. The monoisotopic (exact) mass is 415 g/mol. The molecule has 2 aromatic rings. The SMILES string of the molecule is Cc1ccc(C(=O)N2CCN(S(=O)(=O)c3ccc4c(c3)NC(=O)CO4)CC2)cc1. The predicted molar refractivity (Wildman–Crippen MR) is 106 cm³/mol. The molecule has 2 amide bonds. The molecule has 4 rings (SSSR count). The lowest BCUT2D eigenvalue weighted by Gasteiger charge is -2.34. The van der Waals surface area contributed by atoms with Crippen molar-refractivity contribution < 1.29 is 22.7 Å². The van der Waals surface area contributed by atoms with Gasteiger partial charge >= 0.3 is 0 Å². The number of benzene rings is 2. The minimum Gasteiger partial charge on any atom is -0.482 e. The number of anilines is 1. The Labute approximate surface area is 169 Å². The smallest absolute Gasteiger partial charge is 0.262 e. The number of hydrogen-bond acceptors (Lipinski definition) is 5. The van der Waals surface area contributed by atoms with Gasteiger partial charge in [0.15, 0.2) is 6.61 Å². The normalized spacial score (nSPS) is 17.3. The van der Waals surface area contributed by atoms with Crippen LogP contribution < -0.4 is 10.1 Å². The van der Waals surface area contributed by atoms with Gasteiger partial charge in [-0.15, -0.1) is 0 Å². The van der Waals surface area contributed by atoms with Crippen molar-refractivity contribution in [3.63, 3.8) is 0 Å². The van der Waals surface area contributed by atoms with Gasteiger partial charge in [0.2, 0.25) is 10.0 Å². The Kier molecular flexibility index (Phi) is 5.01. The minimum atomic E-state index is -3.74. The molecule has 2 aliphatic rings. The van der Waals surface area contributed by atoms with E-state index in [9.17, 15) is 18.0 Å². The number of hydrogen-bond donors (Lipinski definition) is 1. The average molecular weight is 415 g/mol. The first-order chi connectivity index (χ1) is 13.8. The molecule has 2 aliphatic heterocycles. The minimum absolute atomic E-state index is 0.0837. The second-order valence-electron chi connectivity index (χ2n) is 7.06. The fourth-order valence-electron chi connectivity index (χ4n) is 3.38. The Morgan fingerprint density at radius 2 is 1.72 bits per heavy atom. The van der Waals surface area contributed by atoms with Crippen LogP contribution in [0.1, 0.15) is 15.9 Å². The maximum atomic E-state index is 13.0. The van der Waals surface area contributed by atoms with Crippen LogP contribution >= 0.6 is 0 Å². The number of fused-ring (bicyclic) bond motifs is 1. The Balaban J connectivity index is 1.46. The zero-order chi connectivity index (χ0) is 20.6. The molecule has 0 saturated carbocycles. The molecule has 0 bridgehead atoms. The highest BCUT2D eigenvalue weighted by Crippen LogP contribution is 2.31. The van der Waals surface area contributed by atoms with Crippen molar-refractivity contribution in [3.05, 3.63) is 53.6 Å². The Morgan fingerprint density at radius 1 is 1.03 bits per heavy atom. The van der Waals surface area contributed by atoms with Crippen molar-refractivity contribution in [3.8, 4) is 5.75 Å². The molecule has 0 aliphatic carbocycles. The first-order valence-corrected chi connectivity index (χ1v) is 10.7. The van der Waals surface area contributed by atoms with Crippen LogP contribution in [-0.2, 0) is 14.8 Å². The molecule has 0 aromatic heterocycles. The summed E-state index contributed by atoms with van der Waals surface area (Å²) in [4.78, 5) is 25.9. The van der Waals surface area contributed by atoms with Gasteiger partial charge in [-0.1, -0.05) is 17.7 Å². The van der Waals surface area contributed by atoms with Crippen LogP contribution in [0.15, 0.2) is 47.4 Å². The average Bonchev–Trinajstić information content (AvgIpc) is 2.73. The zero-order valence-corrected chi connectivity index (χ0v) is 16.7. The van der Waals surface area contributed by atoms with Crippen molar-refractivity contribution in [2.45, 2.75) is 11.8 Å². The number of carbonyl (C=O) groups excluding carboxylic acids is 2. The molecule has 1 saturated heterocycles. The molecule has 2 heterocycles. The van der Waals surface area contributed by atoms with E-state index in [4.69, 9.17) is 4.74 Å². The van der Waals surface area contributed by atoms with Gasteiger partial charge in [0, 0.05) is 31.7 Å². The number of nitrogens with zero attached hydrogens (tertiary/aromatic N) is 2. The molecule has 0 unspecified atom stereocenters. The molecule has 152 valence electrons. The fourth-order valence-corrected chi connectivity index (χ4v) is 4.83.